The first-order valence-corrected chi connectivity index (χ1v) is 6.50. The summed E-state index contributed by atoms with van der Waals surface area (Å²) in [5.41, 5.74) is 2.19. The van der Waals surface area contributed by atoms with Crippen molar-refractivity contribution in [2.45, 2.75) is 6.92 Å². The molecule has 2 rings (SSSR count). The van der Waals surface area contributed by atoms with Gasteiger partial charge in [-0.2, -0.15) is 0 Å². The number of aliphatic hydroxyl groups is 1. The van der Waals surface area contributed by atoms with Gasteiger partial charge in [0.25, 0.3) is 5.91 Å². The second kappa shape index (κ2) is 6.14. The largest absolute Gasteiger partial charge is 0.384 e. The molecule has 0 saturated carbocycles. The van der Waals surface area contributed by atoms with Crippen LogP contribution in [-0.2, 0) is 0 Å². The lowest BCUT2D eigenvalue weighted by Gasteiger charge is -2.01. The highest BCUT2D eigenvalue weighted by Crippen LogP contribution is 2.15. The molecule has 19 heavy (non-hydrogen) atoms. The lowest BCUT2D eigenvalue weighted by Crippen LogP contribution is -2.11. The number of anilines is 1. The Kier molecular flexibility index (Phi) is 4.29. The first-order chi connectivity index (χ1) is 9.19. The van der Waals surface area contributed by atoms with E-state index in [2.05, 4.69) is 22.1 Å². The summed E-state index contributed by atoms with van der Waals surface area (Å²) < 4.78 is 0. The van der Waals surface area contributed by atoms with E-state index in [1.54, 1.807) is 24.3 Å². The van der Waals surface area contributed by atoms with E-state index in [1.807, 2.05) is 12.3 Å². The van der Waals surface area contributed by atoms with Crippen LogP contribution in [0, 0.1) is 18.8 Å². The predicted molar refractivity (Wildman–Crippen MR) is 75.2 cm³/mol. The molecule has 1 aromatic carbocycles. The Hall–Kier alpha value is -2.16. The number of carbonyl (C=O) groups is 1. The van der Waals surface area contributed by atoms with E-state index in [1.165, 1.54) is 11.3 Å². The summed E-state index contributed by atoms with van der Waals surface area (Å²) >= 11 is 1.39. The number of nitrogens with one attached hydrogen (secondary N) is 1. The fourth-order valence-electron chi connectivity index (χ4n) is 1.43. The molecule has 0 aliphatic rings. The average Bonchev–Trinajstić information content (AvgIpc) is 2.82. The van der Waals surface area contributed by atoms with Gasteiger partial charge in [-0.15, -0.1) is 11.3 Å². The van der Waals surface area contributed by atoms with Gasteiger partial charge in [-0.05, 0) is 31.2 Å². The first kappa shape index (κ1) is 13.3. The molecule has 0 radical (unpaired) electrons. The summed E-state index contributed by atoms with van der Waals surface area (Å²) in [5.74, 6) is 5.13. The molecule has 2 N–H and O–H groups in total. The lowest BCUT2D eigenvalue weighted by molar-refractivity contribution is 0.102. The van der Waals surface area contributed by atoms with E-state index in [-0.39, 0.29) is 12.5 Å². The van der Waals surface area contributed by atoms with Crippen LogP contribution in [0.4, 0.5) is 5.13 Å². The van der Waals surface area contributed by atoms with Gasteiger partial charge in [-0.1, -0.05) is 11.8 Å². The number of thiazole rings is 1. The molecule has 5 heteroatoms. The minimum atomic E-state index is -0.198. The SMILES string of the molecule is Cc1csc(NC(=O)c2ccc(C#CCO)cc2)n1. The maximum absolute atomic E-state index is 11.9. The minimum absolute atomic E-state index is 0.175. The van der Waals surface area contributed by atoms with Crippen molar-refractivity contribution in [1.82, 2.24) is 4.98 Å². The Bertz CT molecular complexity index is 635. The Morgan fingerprint density at radius 2 is 2.16 bits per heavy atom. The maximum Gasteiger partial charge on any atom is 0.257 e. The van der Waals surface area contributed by atoms with Crippen LogP contribution in [0.2, 0.25) is 0 Å². The van der Waals surface area contributed by atoms with Crippen LogP contribution in [0.15, 0.2) is 29.6 Å². The number of hydrogen-bond donors (Lipinski definition) is 2. The molecule has 1 amide bonds. The zero-order valence-electron chi connectivity index (χ0n) is 10.3. The lowest BCUT2D eigenvalue weighted by atomic mass is 10.1. The molecule has 1 aromatic heterocycles. The van der Waals surface area contributed by atoms with Gasteiger partial charge >= 0.3 is 0 Å². The monoisotopic (exact) mass is 272 g/mol. The molecule has 0 bridgehead atoms. The van der Waals surface area contributed by atoms with Crippen LogP contribution in [0.1, 0.15) is 21.6 Å². The number of rotatable bonds is 2. The molecule has 0 unspecified atom stereocenters. The highest BCUT2D eigenvalue weighted by atomic mass is 32.1. The van der Waals surface area contributed by atoms with E-state index in [0.29, 0.717) is 10.7 Å². The summed E-state index contributed by atoms with van der Waals surface area (Å²) in [7, 11) is 0. The van der Waals surface area contributed by atoms with E-state index in [9.17, 15) is 4.79 Å². The predicted octanol–water partition coefficient (Wildman–Crippen LogP) is 2.05. The number of aromatic nitrogens is 1. The van der Waals surface area contributed by atoms with E-state index in [0.717, 1.165) is 11.3 Å². The maximum atomic E-state index is 11.9. The minimum Gasteiger partial charge on any atom is -0.384 e. The van der Waals surface area contributed by atoms with Gasteiger partial charge in [-0.25, -0.2) is 4.98 Å². The molecule has 0 saturated heterocycles. The molecule has 2 aromatic rings. The summed E-state index contributed by atoms with van der Waals surface area (Å²) in [6, 6.07) is 6.86. The molecule has 0 aliphatic carbocycles. The standard InChI is InChI=1S/C14H12N2O2S/c1-10-9-19-14(15-10)16-13(18)12-6-4-11(5-7-12)3-2-8-17/h4-7,9,17H,8H2,1H3,(H,15,16,18). The van der Waals surface area contributed by atoms with Gasteiger partial charge in [-0.3, -0.25) is 10.1 Å². The van der Waals surface area contributed by atoms with Crippen LogP contribution in [0.3, 0.4) is 0 Å². The van der Waals surface area contributed by atoms with Crippen molar-refractivity contribution in [3.05, 3.63) is 46.5 Å². The van der Waals surface area contributed by atoms with Crippen molar-refractivity contribution in [2.24, 2.45) is 0 Å². The van der Waals surface area contributed by atoms with E-state index in [4.69, 9.17) is 5.11 Å². The second-order valence-electron chi connectivity index (χ2n) is 3.79. The van der Waals surface area contributed by atoms with Crippen LogP contribution in [-0.4, -0.2) is 22.6 Å². The molecule has 96 valence electrons. The van der Waals surface area contributed by atoms with Crippen LogP contribution < -0.4 is 5.32 Å². The smallest absolute Gasteiger partial charge is 0.257 e. The van der Waals surface area contributed by atoms with Crippen molar-refractivity contribution in [3.63, 3.8) is 0 Å². The number of nitrogens with zero attached hydrogens (tertiary/aromatic N) is 1. The van der Waals surface area contributed by atoms with Crippen molar-refractivity contribution in [1.29, 1.82) is 0 Å². The van der Waals surface area contributed by atoms with Gasteiger partial charge in [0.05, 0.1) is 5.69 Å². The third kappa shape index (κ3) is 3.65. The number of aryl methyl sites for hydroxylation is 1. The van der Waals surface area contributed by atoms with Gasteiger partial charge in [0.1, 0.15) is 6.61 Å². The molecule has 0 fully saturated rings. The van der Waals surface area contributed by atoms with Crippen LogP contribution in [0.5, 0.6) is 0 Å². The molecule has 0 aliphatic heterocycles. The zero-order chi connectivity index (χ0) is 13.7. The van der Waals surface area contributed by atoms with Crippen molar-refractivity contribution in [2.75, 3.05) is 11.9 Å². The molecular weight excluding hydrogens is 260 g/mol. The Balaban J connectivity index is 2.07. The molecular formula is C14H12N2O2S. The fraction of sp³-hybridized carbons (Fsp3) is 0.143. The van der Waals surface area contributed by atoms with Crippen molar-refractivity contribution < 1.29 is 9.90 Å². The van der Waals surface area contributed by atoms with Gasteiger partial charge in [0, 0.05) is 16.5 Å². The van der Waals surface area contributed by atoms with Gasteiger partial charge < -0.3 is 5.11 Å². The Labute approximate surface area is 115 Å². The van der Waals surface area contributed by atoms with Crippen molar-refractivity contribution >= 4 is 22.4 Å². The zero-order valence-corrected chi connectivity index (χ0v) is 11.1. The van der Waals surface area contributed by atoms with E-state index >= 15 is 0 Å². The highest BCUT2D eigenvalue weighted by Gasteiger charge is 2.07. The van der Waals surface area contributed by atoms with Crippen LogP contribution in [0.25, 0.3) is 0 Å². The molecule has 0 atom stereocenters. The summed E-state index contributed by atoms with van der Waals surface area (Å²) in [6.45, 7) is 1.70. The number of amides is 1. The molecule has 0 spiro atoms. The highest BCUT2D eigenvalue weighted by molar-refractivity contribution is 7.13. The number of hydrogen-bond acceptors (Lipinski definition) is 4. The summed E-state index contributed by atoms with van der Waals surface area (Å²) in [4.78, 5) is 16.1. The normalized spacial score (nSPS) is 9.58. The quantitative estimate of drug-likeness (QED) is 0.822. The summed E-state index contributed by atoms with van der Waals surface area (Å²) in [6.07, 6.45) is 0. The van der Waals surface area contributed by atoms with Gasteiger partial charge in [0.2, 0.25) is 0 Å². The Morgan fingerprint density at radius 3 is 2.74 bits per heavy atom. The number of carbonyl (C=O) groups excluding carboxylic acids is 1. The van der Waals surface area contributed by atoms with Crippen molar-refractivity contribution in [3.8, 4) is 11.8 Å². The number of aliphatic hydroxyl groups excluding tert-OH is 1. The van der Waals surface area contributed by atoms with Gasteiger partial charge in [0.15, 0.2) is 5.13 Å². The van der Waals surface area contributed by atoms with Crippen LogP contribution >= 0.6 is 11.3 Å². The molecule has 4 nitrogen and oxygen atoms in total. The number of benzene rings is 1. The third-order valence-electron chi connectivity index (χ3n) is 2.30. The van der Waals surface area contributed by atoms with E-state index < -0.39 is 0 Å². The third-order valence-corrected chi connectivity index (χ3v) is 3.17. The second-order valence-corrected chi connectivity index (χ2v) is 4.64. The topological polar surface area (TPSA) is 62.2 Å². The average molecular weight is 272 g/mol. The summed E-state index contributed by atoms with van der Waals surface area (Å²) in [5, 5.41) is 13.8. The first-order valence-electron chi connectivity index (χ1n) is 5.62. The molecule has 1 heterocycles. The Morgan fingerprint density at radius 1 is 1.42 bits per heavy atom. The fourth-order valence-corrected chi connectivity index (χ4v) is 2.11.